The molecule has 3 aromatic rings. The van der Waals surface area contributed by atoms with Crippen LogP contribution in [0, 0.1) is 0 Å². The van der Waals surface area contributed by atoms with E-state index < -0.39 is 0 Å². The number of fused-ring (bicyclic) bond motifs is 5. The third kappa shape index (κ3) is 1.21. The van der Waals surface area contributed by atoms with Gasteiger partial charge in [-0.05, 0) is 24.3 Å². The molecule has 0 bridgehead atoms. The summed E-state index contributed by atoms with van der Waals surface area (Å²) in [6, 6.07) is 15.7. The second-order valence-electron chi connectivity index (χ2n) is 4.12. The zero-order valence-electron chi connectivity index (χ0n) is 9.46. The van der Waals surface area contributed by atoms with Crippen LogP contribution >= 0.6 is 0 Å². The number of aromatic nitrogens is 1. The van der Waals surface area contributed by atoms with Gasteiger partial charge in [-0.25, -0.2) is 4.98 Å². The van der Waals surface area contributed by atoms with Crippen LogP contribution in [-0.4, -0.2) is 4.98 Å². The Morgan fingerprint density at radius 1 is 0.778 bits per heavy atom. The van der Waals surface area contributed by atoms with E-state index >= 15 is 0 Å². The van der Waals surface area contributed by atoms with Crippen molar-refractivity contribution in [1.29, 1.82) is 0 Å². The molecule has 0 saturated carbocycles. The number of oxazole rings is 1. The van der Waals surface area contributed by atoms with E-state index in [2.05, 4.69) is 4.98 Å². The minimum atomic E-state index is 0.760. The molecule has 0 aliphatic carbocycles. The first-order valence-electron chi connectivity index (χ1n) is 5.73. The highest BCUT2D eigenvalue weighted by atomic mass is 16.5. The Hall–Kier alpha value is -2.55. The molecule has 0 atom stereocenters. The molecule has 2 heterocycles. The van der Waals surface area contributed by atoms with Crippen LogP contribution in [0.2, 0.25) is 0 Å². The van der Waals surface area contributed by atoms with Crippen molar-refractivity contribution in [2.45, 2.75) is 0 Å². The second kappa shape index (κ2) is 3.47. The second-order valence-corrected chi connectivity index (χ2v) is 4.12. The zero-order valence-corrected chi connectivity index (χ0v) is 9.46. The number of para-hydroxylation sites is 2. The van der Waals surface area contributed by atoms with Gasteiger partial charge >= 0.3 is 0 Å². The van der Waals surface area contributed by atoms with Crippen LogP contribution in [0.15, 0.2) is 59.3 Å². The topological polar surface area (TPSA) is 35.3 Å². The molecular formula is C15H9NO2. The first-order valence-corrected chi connectivity index (χ1v) is 5.73. The molecular weight excluding hydrogens is 226 g/mol. The molecule has 4 rings (SSSR count). The van der Waals surface area contributed by atoms with Crippen molar-refractivity contribution >= 4 is 0 Å². The monoisotopic (exact) mass is 235 g/mol. The quantitative estimate of drug-likeness (QED) is 0.460. The van der Waals surface area contributed by atoms with Gasteiger partial charge in [0, 0.05) is 5.56 Å². The van der Waals surface area contributed by atoms with E-state index in [1.807, 2.05) is 48.5 Å². The van der Waals surface area contributed by atoms with E-state index in [1.54, 1.807) is 0 Å². The van der Waals surface area contributed by atoms with Crippen molar-refractivity contribution in [1.82, 2.24) is 4.98 Å². The van der Waals surface area contributed by atoms with Gasteiger partial charge in [0.05, 0.1) is 5.56 Å². The van der Waals surface area contributed by atoms with E-state index in [-0.39, 0.29) is 0 Å². The van der Waals surface area contributed by atoms with E-state index in [0.29, 0.717) is 0 Å². The molecule has 3 heteroatoms. The minimum Gasteiger partial charge on any atom is -0.456 e. The fraction of sp³-hybridized carbons (Fsp3) is 0. The van der Waals surface area contributed by atoms with Crippen LogP contribution in [0.1, 0.15) is 0 Å². The molecule has 0 amide bonds. The molecule has 1 aliphatic rings. The summed E-state index contributed by atoms with van der Waals surface area (Å²) in [4.78, 5) is 4.31. The van der Waals surface area contributed by atoms with Gasteiger partial charge in [0.25, 0.3) is 0 Å². The number of hydrogen-bond acceptors (Lipinski definition) is 3. The van der Waals surface area contributed by atoms with Crippen LogP contribution < -0.4 is 4.74 Å². The highest BCUT2D eigenvalue weighted by Gasteiger charge is 2.23. The predicted octanol–water partition coefficient (Wildman–Crippen LogP) is 4.11. The van der Waals surface area contributed by atoms with E-state index in [9.17, 15) is 0 Å². The number of benzene rings is 2. The molecule has 3 nitrogen and oxygen atoms in total. The maximum absolute atomic E-state index is 5.94. The molecule has 0 N–H and O–H groups in total. The molecule has 86 valence electrons. The summed E-state index contributed by atoms with van der Waals surface area (Å²) in [5.41, 5.74) is 2.72. The number of ether oxygens (including phenoxy) is 1. The van der Waals surface area contributed by atoms with Crippen molar-refractivity contribution < 1.29 is 9.15 Å². The molecule has 18 heavy (non-hydrogen) atoms. The summed E-state index contributed by atoms with van der Waals surface area (Å²) in [5, 5.41) is 0. The Balaban J connectivity index is 2.12. The average molecular weight is 235 g/mol. The van der Waals surface area contributed by atoms with E-state index in [4.69, 9.17) is 9.15 Å². The molecule has 1 aromatic heterocycles. The summed E-state index contributed by atoms with van der Waals surface area (Å²) >= 11 is 0. The van der Waals surface area contributed by atoms with Gasteiger partial charge in [0.15, 0.2) is 12.2 Å². The van der Waals surface area contributed by atoms with Crippen LogP contribution in [0.25, 0.3) is 22.6 Å². The first-order chi connectivity index (χ1) is 8.93. The molecule has 0 spiro atoms. The third-order valence-electron chi connectivity index (χ3n) is 3.06. The zero-order chi connectivity index (χ0) is 11.9. The first kappa shape index (κ1) is 9.48. The van der Waals surface area contributed by atoms with Gasteiger partial charge in [0.2, 0.25) is 0 Å². The van der Waals surface area contributed by atoms with Gasteiger partial charge in [0.1, 0.15) is 17.2 Å². The summed E-state index contributed by atoms with van der Waals surface area (Å²) in [6.45, 7) is 0. The lowest BCUT2D eigenvalue weighted by molar-refractivity contribution is 0.484. The van der Waals surface area contributed by atoms with Gasteiger partial charge in [-0.1, -0.05) is 24.3 Å². The number of hydrogen-bond donors (Lipinski definition) is 0. The van der Waals surface area contributed by atoms with Crippen molar-refractivity contribution in [3.63, 3.8) is 0 Å². The van der Waals surface area contributed by atoms with E-state index in [0.717, 1.165) is 34.1 Å². The Kier molecular flexibility index (Phi) is 1.83. The molecule has 0 saturated heterocycles. The van der Waals surface area contributed by atoms with Crippen LogP contribution in [-0.2, 0) is 0 Å². The predicted molar refractivity (Wildman–Crippen MR) is 67.4 cm³/mol. The van der Waals surface area contributed by atoms with Crippen LogP contribution in [0.3, 0.4) is 0 Å². The average Bonchev–Trinajstić information content (AvgIpc) is 2.84. The van der Waals surface area contributed by atoms with Crippen molar-refractivity contribution in [3.8, 4) is 34.1 Å². The summed E-state index contributed by atoms with van der Waals surface area (Å²) in [6.07, 6.45) is 1.48. The molecule has 0 unspecified atom stereocenters. The lowest BCUT2D eigenvalue weighted by Crippen LogP contribution is -1.85. The summed E-state index contributed by atoms with van der Waals surface area (Å²) < 4.78 is 11.5. The van der Waals surface area contributed by atoms with Gasteiger partial charge in [-0.15, -0.1) is 0 Å². The summed E-state index contributed by atoms with van der Waals surface area (Å²) in [5.74, 6) is 2.36. The Morgan fingerprint density at radius 3 is 2.28 bits per heavy atom. The highest BCUT2D eigenvalue weighted by Crippen LogP contribution is 2.45. The molecule has 2 aromatic carbocycles. The minimum absolute atomic E-state index is 0.760. The molecule has 0 radical (unpaired) electrons. The third-order valence-corrected chi connectivity index (χ3v) is 3.06. The van der Waals surface area contributed by atoms with Gasteiger partial charge in [-0.2, -0.15) is 0 Å². The van der Waals surface area contributed by atoms with Gasteiger partial charge in [-0.3, -0.25) is 0 Å². The van der Waals surface area contributed by atoms with Crippen molar-refractivity contribution in [2.24, 2.45) is 0 Å². The largest absolute Gasteiger partial charge is 0.456 e. The van der Waals surface area contributed by atoms with Gasteiger partial charge < -0.3 is 9.15 Å². The SMILES string of the molecule is c1ccc2c(c1)Oc1ccccc1-c1ocnc1-2. The number of nitrogens with zero attached hydrogens (tertiary/aromatic N) is 1. The maximum atomic E-state index is 5.94. The molecule has 0 fully saturated rings. The van der Waals surface area contributed by atoms with Crippen molar-refractivity contribution in [2.75, 3.05) is 0 Å². The lowest BCUT2D eigenvalue weighted by Gasteiger charge is -2.07. The number of rotatable bonds is 0. The maximum Gasteiger partial charge on any atom is 0.182 e. The van der Waals surface area contributed by atoms with Crippen LogP contribution in [0.4, 0.5) is 0 Å². The fourth-order valence-electron chi connectivity index (χ4n) is 2.24. The molecule has 1 aliphatic heterocycles. The van der Waals surface area contributed by atoms with E-state index in [1.165, 1.54) is 6.39 Å². The summed E-state index contributed by atoms with van der Waals surface area (Å²) in [7, 11) is 0. The fourth-order valence-corrected chi connectivity index (χ4v) is 2.24. The normalized spacial score (nSPS) is 11.8. The highest BCUT2D eigenvalue weighted by molar-refractivity contribution is 5.85. The lowest BCUT2D eigenvalue weighted by atomic mass is 10.1. The Morgan fingerprint density at radius 2 is 1.44 bits per heavy atom. The Labute approximate surface area is 104 Å². The smallest absolute Gasteiger partial charge is 0.182 e. The standard InChI is InChI=1S/C15H9NO2/c1-3-7-12-10(5-1)14-15(17-9-16-14)11-6-2-4-8-13(11)18-12/h1-9H. The van der Waals surface area contributed by atoms with Crippen LogP contribution in [0.5, 0.6) is 11.5 Å². The van der Waals surface area contributed by atoms with Crippen molar-refractivity contribution in [3.05, 3.63) is 54.9 Å². The Bertz CT molecular complexity index is 671.